The van der Waals surface area contributed by atoms with Crippen molar-refractivity contribution in [3.8, 4) is 5.75 Å². The summed E-state index contributed by atoms with van der Waals surface area (Å²) in [6, 6.07) is 3.37. The van der Waals surface area contributed by atoms with Crippen LogP contribution in [0.5, 0.6) is 5.75 Å². The minimum Gasteiger partial charge on any atom is -0.496 e. The minimum atomic E-state index is -0.892. The molecule has 0 aliphatic carbocycles. The molecule has 0 unspecified atom stereocenters. The SMILES string of the molecule is COc1cc(Cl)c(CC(=O)O)cc1C. The molecule has 1 rings (SSSR count). The van der Waals surface area contributed by atoms with E-state index in [1.54, 1.807) is 19.2 Å². The highest BCUT2D eigenvalue weighted by Crippen LogP contribution is 2.26. The van der Waals surface area contributed by atoms with Gasteiger partial charge in [0.2, 0.25) is 0 Å². The van der Waals surface area contributed by atoms with Crippen molar-refractivity contribution < 1.29 is 14.6 Å². The Balaban J connectivity index is 3.08. The third kappa shape index (κ3) is 2.39. The van der Waals surface area contributed by atoms with E-state index in [1.807, 2.05) is 6.92 Å². The lowest BCUT2D eigenvalue weighted by atomic mass is 10.1. The number of benzene rings is 1. The summed E-state index contributed by atoms with van der Waals surface area (Å²) in [5.41, 5.74) is 1.49. The predicted molar refractivity (Wildman–Crippen MR) is 54.1 cm³/mol. The molecule has 76 valence electrons. The number of hydrogen-bond donors (Lipinski definition) is 1. The van der Waals surface area contributed by atoms with Crippen LogP contribution in [0, 0.1) is 6.92 Å². The van der Waals surface area contributed by atoms with Crippen LogP contribution in [0.25, 0.3) is 0 Å². The van der Waals surface area contributed by atoms with Gasteiger partial charge in [-0.3, -0.25) is 4.79 Å². The maximum absolute atomic E-state index is 10.5. The average Bonchev–Trinajstić information content (AvgIpc) is 2.10. The topological polar surface area (TPSA) is 46.5 Å². The van der Waals surface area contributed by atoms with Crippen LogP contribution in [0.15, 0.2) is 12.1 Å². The molecule has 1 N–H and O–H groups in total. The second-order valence-electron chi connectivity index (χ2n) is 2.98. The lowest BCUT2D eigenvalue weighted by Gasteiger charge is -2.08. The summed E-state index contributed by atoms with van der Waals surface area (Å²) in [6.07, 6.45) is -0.0658. The highest BCUT2D eigenvalue weighted by atomic mass is 35.5. The first-order valence-corrected chi connectivity index (χ1v) is 4.47. The van der Waals surface area contributed by atoms with Crippen molar-refractivity contribution in [2.45, 2.75) is 13.3 Å². The fourth-order valence-corrected chi connectivity index (χ4v) is 1.46. The van der Waals surface area contributed by atoms with Crippen LogP contribution in [0.2, 0.25) is 5.02 Å². The summed E-state index contributed by atoms with van der Waals surface area (Å²) in [5, 5.41) is 9.04. The first-order chi connectivity index (χ1) is 6.54. The highest BCUT2D eigenvalue weighted by Gasteiger charge is 2.09. The molecule has 0 aliphatic heterocycles. The van der Waals surface area contributed by atoms with Gasteiger partial charge in [0, 0.05) is 5.02 Å². The van der Waals surface area contributed by atoms with Crippen molar-refractivity contribution >= 4 is 17.6 Å². The Morgan fingerprint density at radius 1 is 1.57 bits per heavy atom. The van der Waals surface area contributed by atoms with Crippen molar-refractivity contribution in [3.05, 3.63) is 28.3 Å². The van der Waals surface area contributed by atoms with Crippen LogP contribution < -0.4 is 4.74 Å². The lowest BCUT2D eigenvalue weighted by molar-refractivity contribution is -0.136. The number of aryl methyl sites for hydroxylation is 1. The molecule has 0 heterocycles. The molecule has 1 aromatic rings. The zero-order chi connectivity index (χ0) is 10.7. The zero-order valence-corrected chi connectivity index (χ0v) is 8.76. The van der Waals surface area contributed by atoms with Gasteiger partial charge in [0.25, 0.3) is 0 Å². The van der Waals surface area contributed by atoms with Crippen LogP contribution in [0.1, 0.15) is 11.1 Å². The van der Waals surface area contributed by atoms with Gasteiger partial charge in [-0.05, 0) is 24.1 Å². The van der Waals surface area contributed by atoms with Crippen molar-refractivity contribution in [3.63, 3.8) is 0 Å². The number of methoxy groups -OCH3 is 1. The number of ether oxygens (including phenoxy) is 1. The molecule has 0 fully saturated rings. The third-order valence-electron chi connectivity index (χ3n) is 1.91. The molecular formula is C10H11ClO3. The molecule has 0 amide bonds. The highest BCUT2D eigenvalue weighted by molar-refractivity contribution is 6.31. The Labute approximate surface area is 87.3 Å². The van der Waals surface area contributed by atoms with Gasteiger partial charge in [-0.1, -0.05) is 17.7 Å². The van der Waals surface area contributed by atoms with E-state index < -0.39 is 5.97 Å². The van der Waals surface area contributed by atoms with Gasteiger partial charge in [0.05, 0.1) is 13.5 Å². The standard InChI is InChI=1S/C10H11ClO3/c1-6-3-7(4-10(12)13)8(11)5-9(6)14-2/h3,5H,4H2,1-2H3,(H,12,13). The summed E-state index contributed by atoms with van der Waals surface area (Å²) in [5.74, 6) is -0.222. The lowest BCUT2D eigenvalue weighted by Crippen LogP contribution is -2.01. The van der Waals surface area contributed by atoms with Gasteiger partial charge in [-0.15, -0.1) is 0 Å². The predicted octanol–water partition coefficient (Wildman–Crippen LogP) is 2.28. The Bertz CT molecular complexity index is 361. The Hall–Kier alpha value is -1.22. The van der Waals surface area contributed by atoms with Gasteiger partial charge in [0.1, 0.15) is 5.75 Å². The van der Waals surface area contributed by atoms with Crippen LogP contribution in [0.3, 0.4) is 0 Å². The molecule has 0 radical (unpaired) electrons. The smallest absolute Gasteiger partial charge is 0.307 e. The van der Waals surface area contributed by atoms with Crippen LogP contribution >= 0.6 is 11.6 Å². The normalized spacial score (nSPS) is 9.93. The molecule has 0 aromatic heterocycles. The van der Waals surface area contributed by atoms with E-state index >= 15 is 0 Å². The molecule has 0 saturated heterocycles. The Morgan fingerprint density at radius 2 is 2.21 bits per heavy atom. The van der Waals surface area contributed by atoms with Crippen molar-refractivity contribution in [1.82, 2.24) is 0 Å². The van der Waals surface area contributed by atoms with E-state index in [4.69, 9.17) is 21.4 Å². The molecule has 0 aliphatic rings. The summed E-state index contributed by atoms with van der Waals surface area (Å²) in [4.78, 5) is 10.5. The van der Waals surface area contributed by atoms with Gasteiger partial charge < -0.3 is 9.84 Å². The number of halogens is 1. The molecule has 3 nitrogen and oxygen atoms in total. The molecule has 0 spiro atoms. The zero-order valence-electron chi connectivity index (χ0n) is 8.00. The van der Waals surface area contributed by atoms with Gasteiger partial charge in [-0.2, -0.15) is 0 Å². The second kappa shape index (κ2) is 4.33. The second-order valence-corrected chi connectivity index (χ2v) is 3.39. The van der Waals surface area contributed by atoms with E-state index in [1.165, 1.54) is 0 Å². The van der Waals surface area contributed by atoms with E-state index in [0.29, 0.717) is 16.3 Å². The molecule has 4 heteroatoms. The number of carboxylic acids is 1. The first kappa shape index (κ1) is 10.9. The fraction of sp³-hybridized carbons (Fsp3) is 0.300. The summed E-state index contributed by atoms with van der Waals surface area (Å²) in [7, 11) is 1.55. The maximum atomic E-state index is 10.5. The van der Waals surface area contributed by atoms with E-state index in [0.717, 1.165) is 5.56 Å². The molecule has 0 saturated carbocycles. The van der Waals surface area contributed by atoms with Crippen LogP contribution in [-0.2, 0) is 11.2 Å². The first-order valence-electron chi connectivity index (χ1n) is 4.09. The quantitative estimate of drug-likeness (QED) is 0.840. The summed E-state index contributed by atoms with van der Waals surface area (Å²) >= 11 is 5.88. The van der Waals surface area contributed by atoms with Crippen LogP contribution in [0.4, 0.5) is 0 Å². The molecule has 14 heavy (non-hydrogen) atoms. The van der Waals surface area contributed by atoms with Gasteiger partial charge in [-0.25, -0.2) is 0 Å². The summed E-state index contributed by atoms with van der Waals surface area (Å²) < 4.78 is 5.05. The molecule has 0 atom stereocenters. The van der Waals surface area contributed by atoms with E-state index in [2.05, 4.69) is 0 Å². The van der Waals surface area contributed by atoms with E-state index in [9.17, 15) is 4.79 Å². The molecule has 0 bridgehead atoms. The Kier molecular flexibility index (Phi) is 3.36. The van der Waals surface area contributed by atoms with E-state index in [-0.39, 0.29) is 6.42 Å². The number of rotatable bonds is 3. The molecular weight excluding hydrogens is 204 g/mol. The van der Waals surface area contributed by atoms with Gasteiger partial charge in [0.15, 0.2) is 0 Å². The average molecular weight is 215 g/mol. The van der Waals surface area contributed by atoms with Crippen molar-refractivity contribution in [2.24, 2.45) is 0 Å². The number of aliphatic carboxylic acids is 1. The summed E-state index contributed by atoms with van der Waals surface area (Å²) in [6.45, 7) is 1.85. The Morgan fingerprint density at radius 3 is 2.71 bits per heavy atom. The van der Waals surface area contributed by atoms with Crippen LogP contribution in [-0.4, -0.2) is 18.2 Å². The largest absolute Gasteiger partial charge is 0.496 e. The van der Waals surface area contributed by atoms with Crippen molar-refractivity contribution in [1.29, 1.82) is 0 Å². The maximum Gasteiger partial charge on any atom is 0.307 e. The molecule has 1 aromatic carbocycles. The monoisotopic (exact) mass is 214 g/mol. The number of hydrogen-bond acceptors (Lipinski definition) is 2. The third-order valence-corrected chi connectivity index (χ3v) is 2.26. The minimum absolute atomic E-state index is 0.0658. The number of carbonyl (C=O) groups is 1. The van der Waals surface area contributed by atoms with Gasteiger partial charge >= 0.3 is 5.97 Å². The number of carboxylic acid groups (broad SMARTS) is 1. The fourth-order valence-electron chi connectivity index (χ4n) is 1.24. The van der Waals surface area contributed by atoms with Crippen molar-refractivity contribution in [2.75, 3.05) is 7.11 Å².